The summed E-state index contributed by atoms with van der Waals surface area (Å²) >= 11 is 0. The standard InChI is InChI=1S/C8H13N3.ClH/c9-4-3-7-5-10-11(6-7)8-1-2-8;/h5-6,8H,1-4,9H2;1H. The van der Waals surface area contributed by atoms with E-state index in [4.69, 9.17) is 5.73 Å². The highest BCUT2D eigenvalue weighted by Crippen LogP contribution is 2.33. The van der Waals surface area contributed by atoms with E-state index in [2.05, 4.69) is 16.0 Å². The molecule has 1 aliphatic rings. The molecular formula is C8H14ClN3. The lowest BCUT2D eigenvalue weighted by Gasteiger charge is -1.93. The van der Waals surface area contributed by atoms with Crippen molar-refractivity contribution < 1.29 is 0 Å². The van der Waals surface area contributed by atoms with Crippen LogP contribution in [0.3, 0.4) is 0 Å². The topological polar surface area (TPSA) is 43.8 Å². The monoisotopic (exact) mass is 187 g/mol. The molecule has 1 fully saturated rings. The molecule has 3 nitrogen and oxygen atoms in total. The van der Waals surface area contributed by atoms with Crippen molar-refractivity contribution in [3.63, 3.8) is 0 Å². The van der Waals surface area contributed by atoms with Crippen molar-refractivity contribution in [2.24, 2.45) is 5.73 Å². The van der Waals surface area contributed by atoms with E-state index in [1.807, 2.05) is 6.20 Å². The van der Waals surface area contributed by atoms with Gasteiger partial charge in [-0.25, -0.2) is 0 Å². The Bertz CT molecular complexity index is 242. The van der Waals surface area contributed by atoms with Crippen LogP contribution in [0, 0.1) is 0 Å². The van der Waals surface area contributed by atoms with Crippen molar-refractivity contribution in [3.05, 3.63) is 18.0 Å². The summed E-state index contributed by atoms with van der Waals surface area (Å²) < 4.78 is 2.06. The fourth-order valence-corrected chi connectivity index (χ4v) is 1.21. The van der Waals surface area contributed by atoms with Gasteiger partial charge < -0.3 is 5.73 Å². The van der Waals surface area contributed by atoms with E-state index in [1.165, 1.54) is 18.4 Å². The van der Waals surface area contributed by atoms with Gasteiger partial charge in [0, 0.05) is 6.20 Å². The van der Waals surface area contributed by atoms with Crippen LogP contribution in [0.25, 0.3) is 0 Å². The van der Waals surface area contributed by atoms with Gasteiger partial charge in [-0.15, -0.1) is 12.4 Å². The second-order valence-corrected chi connectivity index (χ2v) is 3.10. The smallest absolute Gasteiger partial charge is 0.0522 e. The molecule has 0 radical (unpaired) electrons. The van der Waals surface area contributed by atoms with E-state index in [0.717, 1.165) is 13.0 Å². The van der Waals surface area contributed by atoms with E-state index < -0.39 is 0 Å². The molecule has 0 bridgehead atoms. The molecule has 2 N–H and O–H groups in total. The maximum absolute atomic E-state index is 5.42. The predicted octanol–water partition coefficient (Wildman–Crippen LogP) is 1.14. The lowest BCUT2D eigenvalue weighted by Crippen LogP contribution is -2.01. The van der Waals surface area contributed by atoms with Crippen LogP contribution in [0.4, 0.5) is 0 Å². The number of nitrogens with zero attached hydrogens (tertiary/aromatic N) is 2. The summed E-state index contributed by atoms with van der Waals surface area (Å²) in [5, 5.41) is 4.26. The molecule has 0 spiro atoms. The van der Waals surface area contributed by atoms with Crippen LogP contribution in [-0.4, -0.2) is 16.3 Å². The second kappa shape index (κ2) is 3.92. The minimum atomic E-state index is 0. The zero-order valence-electron chi connectivity index (χ0n) is 6.94. The predicted molar refractivity (Wildman–Crippen MR) is 50.5 cm³/mol. The van der Waals surface area contributed by atoms with Crippen molar-refractivity contribution in [2.75, 3.05) is 6.54 Å². The molecule has 4 heteroatoms. The van der Waals surface area contributed by atoms with Crippen molar-refractivity contribution in [2.45, 2.75) is 25.3 Å². The van der Waals surface area contributed by atoms with Crippen LogP contribution < -0.4 is 5.73 Å². The number of hydrogen-bond acceptors (Lipinski definition) is 2. The summed E-state index contributed by atoms with van der Waals surface area (Å²) in [6, 6.07) is 0.696. The highest BCUT2D eigenvalue weighted by molar-refractivity contribution is 5.85. The molecule has 1 heterocycles. The molecule has 0 unspecified atom stereocenters. The first-order chi connectivity index (χ1) is 5.40. The Kier molecular flexibility index (Phi) is 3.12. The third kappa shape index (κ3) is 1.99. The van der Waals surface area contributed by atoms with Crippen LogP contribution in [0.2, 0.25) is 0 Å². The van der Waals surface area contributed by atoms with Crippen LogP contribution in [0.1, 0.15) is 24.4 Å². The van der Waals surface area contributed by atoms with E-state index in [1.54, 1.807) is 0 Å². The quantitative estimate of drug-likeness (QED) is 0.772. The summed E-state index contributed by atoms with van der Waals surface area (Å²) in [7, 11) is 0. The average molecular weight is 188 g/mol. The number of rotatable bonds is 3. The number of nitrogens with two attached hydrogens (primary N) is 1. The highest BCUT2D eigenvalue weighted by atomic mass is 35.5. The zero-order valence-corrected chi connectivity index (χ0v) is 7.76. The largest absolute Gasteiger partial charge is 0.330 e. The number of hydrogen-bond donors (Lipinski definition) is 1. The van der Waals surface area contributed by atoms with Gasteiger partial charge in [0.25, 0.3) is 0 Å². The molecule has 0 atom stereocenters. The Morgan fingerprint density at radius 1 is 1.58 bits per heavy atom. The van der Waals surface area contributed by atoms with Crippen molar-refractivity contribution in [3.8, 4) is 0 Å². The first kappa shape index (κ1) is 9.55. The lowest BCUT2D eigenvalue weighted by atomic mass is 10.3. The fraction of sp³-hybridized carbons (Fsp3) is 0.625. The Hall–Kier alpha value is -0.540. The molecule has 0 amide bonds. The minimum absolute atomic E-state index is 0. The SMILES string of the molecule is Cl.NCCc1cnn(C2CC2)c1. The number of halogens is 1. The molecule has 1 aromatic heterocycles. The van der Waals surface area contributed by atoms with Gasteiger partial charge >= 0.3 is 0 Å². The summed E-state index contributed by atoms with van der Waals surface area (Å²) in [5.74, 6) is 0. The maximum atomic E-state index is 5.42. The van der Waals surface area contributed by atoms with Gasteiger partial charge in [-0.3, -0.25) is 4.68 Å². The molecule has 12 heavy (non-hydrogen) atoms. The highest BCUT2D eigenvalue weighted by Gasteiger charge is 2.23. The van der Waals surface area contributed by atoms with Gasteiger partial charge in [-0.2, -0.15) is 5.10 Å². The molecule has 1 saturated carbocycles. The first-order valence-electron chi connectivity index (χ1n) is 4.13. The summed E-state index contributed by atoms with van der Waals surface area (Å²) in [6.07, 6.45) is 7.58. The van der Waals surface area contributed by atoms with Gasteiger partial charge in [-0.05, 0) is 31.4 Å². The van der Waals surface area contributed by atoms with Gasteiger partial charge in [0.2, 0.25) is 0 Å². The maximum Gasteiger partial charge on any atom is 0.0522 e. The van der Waals surface area contributed by atoms with Crippen LogP contribution in [-0.2, 0) is 6.42 Å². The van der Waals surface area contributed by atoms with Gasteiger partial charge in [0.05, 0.1) is 12.2 Å². The molecule has 0 aromatic carbocycles. The zero-order chi connectivity index (χ0) is 7.68. The van der Waals surface area contributed by atoms with Crippen molar-refractivity contribution >= 4 is 12.4 Å². The minimum Gasteiger partial charge on any atom is -0.330 e. The van der Waals surface area contributed by atoms with Gasteiger partial charge in [0.1, 0.15) is 0 Å². The number of aromatic nitrogens is 2. The van der Waals surface area contributed by atoms with E-state index in [0.29, 0.717) is 6.04 Å². The molecule has 0 aliphatic heterocycles. The Morgan fingerprint density at radius 2 is 2.33 bits per heavy atom. The third-order valence-corrected chi connectivity index (χ3v) is 2.01. The molecule has 1 aliphatic carbocycles. The van der Waals surface area contributed by atoms with Gasteiger partial charge in [-0.1, -0.05) is 0 Å². The molecule has 1 aromatic rings. The molecule has 68 valence electrons. The average Bonchev–Trinajstić information content (AvgIpc) is 2.75. The first-order valence-corrected chi connectivity index (χ1v) is 4.13. The lowest BCUT2D eigenvalue weighted by molar-refractivity contribution is 0.641. The second-order valence-electron chi connectivity index (χ2n) is 3.10. The Balaban J connectivity index is 0.000000720. The molecular weight excluding hydrogens is 174 g/mol. The molecule has 0 saturated heterocycles. The van der Waals surface area contributed by atoms with E-state index >= 15 is 0 Å². The Morgan fingerprint density at radius 3 is 2.92 bits per heavy atom. The van der Waals surface area contributed by atoms with Crippen LogP contribution in [0.15, 0.2) is 12.4 Å². The fourth-order valence-electron chi connectivity index (χ4n) is 1.21. The van der Waals surface area contributed by atoms with Crippen molar-refractivity contribution in [1.29, 1.82) is 0 Å². The van der Waals surface area contributed by atoms with Gasteiger partial charge in [0.15, 0.2) is 0 Å². The normalized spacial score (nSPS) is 15.8. The van der Waals surface area contributed by atoms with Crippen LogP contribution in [0.5, 0.6) is 0 Å². The van der Waals surface area contributed by atoms with Crippen molar-refractivity contribution in [1.82, 2.24) is 9.78 Å². The third-order valence-electron chi connectivity index (χ3n) is 2.01. The van der Waals surface area contributed by atoms with E-state index in [-0.39, 0.29) is 12.4 Å². The summed E-state index contributed by atoms with van der Waals surface area (Å²) in [4.78, 5) is 0. The van der Waals surface area contributed by atoms with Crippen LogP contribution >= 0.6 is 12.4 Å². The Labute approximate surface area is 78.4 Å². The molecule has 2 rings (SSSR count). The van der Waals surface area contributed by atoms with E-state index in [9.17, 15) is 0 Å². The summed E-state index contributed by atoms with van der Waals surface area (Å²) in [5.41, 5.74) is 6.69. The summed E-state index contributed by atoms with van der Waals surface area (Å²) in [6.45, 7) is 0.719.